The zero-order valence-corrected chi connectivity index (χ0v) is 21.2. The Kier molecular flexibility index (Phi) is 8.52. The summed E-state index contributed by atoms with van der Waals surface area (Å²) in [5, 5.41) is 12.9. The van der Waals surface area contributed by atoms with Gasteiger partial charge in [-0.3, -0.25) is 4.99 Å². The summed E-state index contributed by atoms with van der Waals surface area (Å²) in [7, 11) is -3.95. The lowest BCUT2D eigenvalue weighted by Gasteiger charge is -2.34. The highest BCUT2D eigenvalue weighted by atomic mass is 35.5. The van der Waals surface area contributed by atoms with Crippen molar-refractivity contribution in [1.82, 2.24) is 9.62 Å². The van der Waals surface area contributed by atoms with Gasteiger partial charge in [-0.2, -0.15) is 0 Å². The predicted octanol–water partition coefficient (Wildman–Crippen LogP) is 4.84. The zero-order chi connectivity index (χ0) is 23.4. The summed E-state index contributed by atoms with van der Waals surface area (Å²) in [6.45, 7) is 5.37. The third-order valence-corrected chi connectivity index (χ3v) is 8.50. The average molecular weight is 517 g/mol. The second kappa shape index (κ2) is 10.8. The molecule has 0 radical (unpaired) electrons. The van der Waals surface area contributed by atoms with Crippen molar-refractivity contribution in [2.75, 3.05) is 18.8 Å². The molecule has 6 nitrogen and oxygen atoms in total. The predicted molar refractivity (Wildman–Crippen MR) is 133 cm³/mol. The molecule has 0 spiro atoms. The number of rotatable bonds is 9. The van der Waals surface area contributed by atoms with E-state index in [1.165, 1.54) is 23.9 Å². The van der Waals surface area contributed by atoms with Gasteiger partial charge in [-0.25, -0.2) is 13.1 Å². The minimum Gasteiger partial charge on any atom is -0.366 e. The Hall–Kier alpha value is -1.29. The fourth-order valence-corrected chi connectivity index (χ4v) is 6.38. The van der Waals surface area contributed by atoms with Gasteiger partial charge in [0.15, 0.2) is 10.9 Å². The van der Waals surface area contributed by atoms with Crippen LogP contribution in [0.5, 0.6) is 0 Å². The summed E-state index contributed by atoms with van der Waals surface area (Å²) < 4.78 is 28.7. The summed E-state index contributed by atoms with van der Waals surface area (Å²) >= 11 is 13.9. The molecule has 10 heteroatoms. The lowest BCUT2D eigenvalue weighted by molar-refractivity contribution is -0.0479. The first-order valence-electron chi connectivity index (χ1n) is 10.4. The molecule has 1 aliphatic heterocycles. The van der Waals surface area contributed by atoms with Crippen LogP contribution in [-0.4, -0.2) is 42.4 Å². The molecule has 0 saturated carbocycles. The van der Waals surface area contributed by atoms with Crippen molar-refractivity contribution < 1.29 is 13.5 Å². The summed E-state index contributed by atoms with van der Waals surface area (Å²) in [5.41, 5.74) is -0.255. The molecule has 174 valence electrons. The summed E-state index contributed by atoms with van der Waals surface area (Å²) in [4.78, 5) is 6.36. The maximum Gasteiger partial charge on any atom is 0.242 e. The molecule has 1 aliphatic rings. The van der Waals surface area contributed by atoms with Gasteiger partial charge in [0, 0.05) is 30.2 Å². The van der Waals surface area contributed by atoms with Gasteiger partial charge in [0.25, 0.3) is 0 Å². The molecule has 1 atom stereocenters. The van der Waals surface area contributed by atoms with Gasteiger partial charge < -0.3 is 10.0 Å². The van der Waals surface area contributed by atoms with Crippen molar-refractivity contribution in [2.24, 2.45) is 4.99 Å². The van der Waals surface area contributed by atoms with Gasteiger partial charge >= 0.3 is 0 Å². The molecule has 1 unspecified atom stereocenters. The van der Waals surface area contributed by atoms with Crippen LogP contribution in [-0.2, 0) is 22.3 Å². The standard InChI is InChI=1S/C22H27Cl2N3O3S2/c1-3-11-25-21-27(12-4-2)22(28,15-31-21)17-9-10-19(24)20(13-17)32(29,30)26-14-16-7-5-6-8-18(16)23/h5-10,13,26,28H,3-4,11-12,14-15H2,1-2H3. The number of benzene rings is 2. The van der Waals surface area contributed by atoms with Crippen LogP contribution in [0.3, 0.4) is 0 Å². The number of thioether (sulfide) groups is 1. The topological polar surface area (TPSA) is 82.0 Å². The number of aliphatic imine (C=N–C) groups is 1. The van der Waals surface area contributed by atoms with Crippen molar-refractivity contribution in [1.29, 1.82) is 0 Å². The minimum atomic E-state index is -3.95. The molecule has 32 heavy (non-hydrogen) atoms. The van der Waals surface area contributed by atoms with Crippen molar-refractivity contribution in [2.45, 2.75) is 43.9 Å². The smallest absolute Gasteiger partial charge is 0.242 e. The first kappa shape index (κ1) is 25.3. The fraction of sp³-hybridized carbons (Fsp3) is 0.409. The number of aliphatic hydroxyl groups is 1. The first-order chi connectivity index (χ1) is 15.2. The quantitative estimate of drug-likeness (QED) is 0.499. The third-order valence-electron chi connectivity index (χ3n) is 5.09. The maximum absolute atomic E-state index is 13.1. The number of nitrogens with one attached hydrogen (secondary N) is 1. The van der Waals surface area contributed by atoms with E-state index in [9.17, 15) is 13.5 Å². The van der Waals surface area contributed by atoms with Crippen molar-refractivity contribution in [3.05, 3.63) is 63.6 Å². The Morgan fingerprint density at radius 1 is 1.16 bits per heavy atom. The third kappa shape index (κ3) is 5.43. The maximum atomic E-state index is 13.1. The van der Waals surface area contributed by atoms with E-state index in [0.717, 1.165) is 18.0 Å². The Morgan fingerprint density at radius 3 is 2.59 bits per heavy atom. The Bertz CT molecular complexity index is 1100. The average Bonchev–Trinajstić information content (AvgIpc) is 3.08. The van der Waals surface area contributed by atoms with Gasteiger partial charge in [0.1, 0.15) is 4.90 Å². The van der Waals surface area contributed by atoms with Crippen LogP contribution < -0.4 is 4.72 Å². The Balaban J connectivity index is 1.93. The van der Waals surface area contributed by atoms with E-state index in [1.54, 1.807) is 30.3 Å². The molecule has 2 aromatic rings. The normalized spacial score (nSPS) is 20.3. The van der Waals surface area contributed by atoms with E-state index in [1.807, 2.05) is 18.7 Å². The molecule has 2 aromatic carbocycles. The van der Waals surface area contributed by atoms with Gasteiger partial charge in [-0.05, 0) is 36.6 Å². The van der Waals surface area contributed by atoms with Crippen molar-refractivity contribution in [3.8, 4) is 0 Å². The molecule has 1 fully saturated rings. The van der Waals surface area contributed by atoms with Crippen LogP contribution in [0.15, 0.2) is 52.4 Å². The van der Waals surface area contributed by atoms with Crippen LogP contribution >= 0.6 is 35.0 Å². The van der Waals surface area contributed by atoms with Crippen LogP contribution in [0.1, 0.15) is 37.8 Å². The number of hydrogen-bond donors (Lipinski definition) is 2. The highest BCUT2D eigenvalue weighted by Crippen LogP contribution is 2.40. The molecular weight excluding hydrogens is 489 g/mol. The summed E-state index contributed by atoms with van der Waals surface area (Å²) in [6.07, 6.45) is 1.72. The number of sulfonamides is 1. The minimum absolute atomic E-state index is 0.0263. The molecule has 0 aromatic heterocycles. The van der Waals surface area contributed by atoms with Gasteiger partial charge in [0.2, 0.25) is 10.0 Å². The molecule has 0 aliphatic carbocycles. The zero-order valence-electron chi connectivity index (χ0n) is 18.0. The Labute approximate surface area is 204 Å². The lowest BCUT2D eigenvalue weighted by Crippen LogP contribution is -2.45. The van der Waals surface area contributed by atoms with E-state index in [4.69, 9.17) is 23.2 Å². The second-order valence-electron chi connectivity index (χ2n) is 7.48. The van der Waals surface area contributed by atoms with E-state index >= 15 is 0 Å². The van der Waals surface area contributed by atoms with Crippen LogP contribution in [0.25, 0.3) is 0 Å². The van der Waals surface area contributed by atoms with Crippen LogP contribution in [0.2, 0.25) is 10.0 Å². The molecule has 0 amide bonds. The summed E-state index contributed by atoms with van der Waals surface area (Å²) in [6, 6.07) is 11.6. The molecular formula is C22H27Cl2N3O3S2. The lowest BCUT2D eigenvalue weighted by atomic mass is 10.0. The van der Waals surface area contributed by atoms with Gasteiger partial charge in [0.05, 0.1) is 10.8 Å². The number of nitrogens with zero attached hydrogens (tertiary/aromatic N) is 2. The van der Waals surface area contributed by atoms with Gasteiger partial charge in [-0.1, -0.05) is 73.1 Å². The molecule has 2 N–H and O–H groups in total. The van der Waals surface area contributed by atoms with E-state index in [-0.39, 0.29) is 16.5 Å². The number of hydrogen-bond acceptors (Lipinski definition) is 5. The molecule has 1 saturated heterocycles. The van der Waals surface area contributed by atoms with Gasteiger partial charge in [-0.15, -0.1) is 0 Å². The number of halogens is 2. The fourth-order valence-electron chi connectivity index (χ4n) is 3.41. The first-order valence-corrected chi connectivity index (χ1v) is 13.7. The Morgan fingerprint density at radius 2 is 1.91 bits per heavy atom. The summed E-state index contributed by atoms with van der Waals surface area (Å²) in [5.74, 6) is 0.351. The highest BCUT2D eigenvalue weighted by Gasteiger charge is 2.44. The largest absolute Gasteiger partial charge is 0.366 e. The van der Waals surface area contributed by atoms with Crippen LogP contribution in [0, 0.1) is 0 Å². The van der Waals surface area contributed by atoms with E-state index in [2.05, 4.69) is 9.71 Å². The van der Waals surface area contributed by atoms with E-state index < -0.39 is 15.7 Å². The number of amidine groups is 1. The molecule has 3 rings (SSSR count). The monoisotopic (exact) mass is 515 g/mol. The van der Waals surface area contributed by atoms with Crippen molar-refractivity contribution >= 4 is 50.2 Å². The highest BCUT2D eigenvalue weighted by molar-refractivity contribution is 8.14. The molecule has 0 bridgehead atoms. The SMILES string of the molecule is CCCN=C1SCC(O)(c2ccc(Cl)c(S(=O)(=O)NCc3ccccc3Cl)c2)N1CCC. The second-order valence-corrected chi connectivity index (χ2v) is 11.0. The molecule has 1 heterocycles. The van der Waals surface area contributed by atoms with Crippen molar-refractivity contribution in [3.63, 3.8) is 0 Å². The van der Waals surface area contributed by atoms with E-state index in [0.29, 0.717) is 35.0 Å². The van der Waals surface area contributed by atoms with Crippen LogP contribution in [0.4, 0.5) is 0 Å².